The molecule has 5 atom stereocenters. The molecule has 0 radical (unpaired) electrons. The summed E-state index contributed by atoms with van der Waals surface area (Å²) in [5, 5.41) is 32.5. The van der Waals surface area contributed by atoms with Crippen LogP contribution in [0.25, 0.3) is 0 Å². The molecule has 5 rings (SSSR count). The molecular formula is C27H35NO8. The number of aliphatic hydroxyl groups is 2. The van der Waals surface area contributed by atoms with Gasteiger partial charge in [-0.15, -0.1) is 0 Å². The van der Waals surface area contributed by atoms with Crippen LogP contribution in [-0.4, -0.2) is 75.7 Å². The lowest BCUT2D eigenvalue weighted by Gasteiger charge is -2.59. The minimum absolute atomic E-state index is 0.395. The largest absolute Gasteiger partial charge is 0.497 e. The predicted molar refractivity (Wildman–Crippen MR) is 130 cm³/mol. The van der Waals surface area contributed by atoms with Crippen molar-refractivity contribution in [3.63, 3.8) is 0 Å². The summed E-state index contributed by atoms with van der Waals surface area (Å²) >= 11 is 0. The summed E-state index contributed by atoms with van der Waals surface area (Å²) in [7, 11) is 1.79. The topological polar surface area (TPSA) is 141 Å². The zero-order valence-electron chi connectivity index (χ0n) is 20.5. The minimum Gasteiger partial charge on any atom is -0.497 e. The van der Waals surface area contributed by atoms with E-state index < -0.39 is 24.1 Å². The van der Waals surface area contributed by atoms with Crippen LogP contribution in [0.4, 0.5) is 0 Å². The van der Waals surface area contributed by atoms with Gasteiger partial charge in [-0.25, -0.2) is 9.59 Å². The molecular weight excluding hydrogens is 466 g/mol. The van der Waals surface area contributed by atoms with Gasteiger partial charge in [-0.2, -0.15) is 0 Å². The van der Waals surface area contributed by atoms with Crippen LogP contribution in [0.3, 0.4) is 0 Å². The third kappa shape index (κ3) is 5.14. The van der Waals surface area contributed by atoms with Crippen molar-refractivity contribution in [1.29, 1.82) is 0 Å². The fourth-order valence-electron chi connectivity index (χ4n) is 6.45. The van der Waals surface area contributed by atoms with Gasteiger partial charge in [-0.05, 0) is 73.5 Å². The van der Waals surface area contributed by atoms with Gasteiger partial charge in [0.15, 0.2) is 12.2 Å². The standard InChI is InChI=1S/C23H29NO2.C4H6O6/c1-25-19-8-7-17-15-22-20-6-2-3-10-23(20,21(17)16-19)11-13-24(22)12-9-18-5-4-14-26-18;5-1(3(7)8)2(6)4(9)10/h4-5,7-8,14,16,20,22H,2-3,6,9-13,15H2,1H3;1-2,5-6H,(H,7,8)(H,9,10)/t20-,22-,23-;1-,2-/m01/s1. The average molecular weight is 502 g/mol. The average Bonchev–Trinajstić information content (AvgIpc) is 3.41. The summed E-state index contributed by atoms with van der Waals surface area (Å²) in [6.07, 6.45) is 6.31. The zero-order chi connectivity index (χ0) is 25.9. The van der Waals surface area contributed by atoms with Crippen molar-refractivity contribution < 1.29 is 39.2 Å². The second-order valence-electron chi connectivity index (χ2n) is 9.98. The number of methoxy groups -OCH3 is 1. The van der Waals surface area contributed by atoms with Gasteiger partial charge in [0, 0.05) is 24.4 Å². The summed E-state index contributed by atoms with van der Waals surface area (Å²) in [5.74, 6) is -0.585. The number of ether oxygens (including phenoxy) is 1. The van der Waals surface area contributed by atoms with Gasteiger partial charge in [0.25, 0.3) is 0 Å². The number of fused-ring (bicyclic) bond motifs is 1. The van der Waals surface area contributed by atoms with Crippen LogP contribution in [0.2, 0.25) is 0 Å². The van der Waals surface area contributed by atoms with Crippen LogP contribution >= 0.6 is 0 Å². The third-order valence-corrected chi connectivity index (χ3v) is 8.19. The van der Waals surface area contributed by atoms with Gasteiger partial charge in [0.1, 0.15) is 11.5 Å². The highest BCUT2D eigenvalue weighted by atomic mass is 16.5. The highest BCUT2D eigenvalue weighted by Crippen LogP contribution is 2.56. The molecule has 2 fully saturated rings. The summed E-state index contributed by atoms with van der Waals surface area (Å²) in [4.78, 5) is 22.3. The van der Waals surface area contributed by atoms with E-state index in [1.807, 2.05) is 6.07 Å². The Morgan fingerprint density at radius 3 is 2.53 bits per heavy atom. The molecule has 1 aromatic heterocycles. The number of likely N-dealkylation sites (tertiary alicyclic amines) is 1. The Morgan fingerprint density at radius 1 is 1.14 bits per heavy atom. The Kier molecular flexibility index (Phi) is 8.02. The van der Waals surface area contributed by atoms with Gasteiger partial charge < -0.3 is 29.6 Å². The molecule has 1 aliphatic heterocycles. The Labute approximate surface area is 210 Å². The van der Waals surface area contributed by atoms with Crippen LogP contribution in [0.5, 0.6) is 5.75 Å². The number of furan rings is 1. The van der Waals surface area contributed by atoms with E-state index in [9.17, 15) is 9.59 Å². The maximum Gasteiger partial charge on any atom is 0.335 e. The second kappa shape index (κ2) is 11.0. The maximum atomic E-state index is 9.77. The molecule has 1 saturated heterocycles. The highest BCUT2D eigenvalue weighted by molar-refractivity contribution is 5.83. The van der Waals surface area contributed by atoms with E-state index in [4.69, 9.17) is 29.6 Å². The molecule has 2 bridgehead atoms. The van der Waals surface area contributed by atoms with Crippen molar-refractivity contribution in [2.45, 2.75) is 68.6 Å². The molecule has 196 valence electrons. The van der Waals surface area contributed by atoms with Gasteiger partial charge >= 0.3 is 11.9 Å². The number of carbonyl (C=O) groups is 2. The number of nitrogens with zero attached hydrogens (tertiary/aromatic N) is 1. The lowest BCUT2D eigenvalue weighted by Crippen LogP contribution is -2.61. The third-order valence-electron chi connectivity index (χ3n) is 8.19. The summed E-state index contributed by atoms with van der Waals surface area (Å²) in [6, 6.07) is 11.7. The van der Waals surface area contributed by atoms with E-state index in [1.54, 1.807) is 24.5 Å². The second-order valence-corrected chi connectivity index (χ2v) is 9.98. The molecule has 9 nitrogen and oxygen atoms in total. The number of carboxylic acids is 2. The van der Waals surface area contributed by atoms with Crippen molar-refractivity contribution in [3.05, 3.63) is 53.5 Å². The van der Waals surface area contributed by atoms with E-state index in [1.165, 1.54) is 45.1 Å². The number of aliphatic hydroxyl groups excluding tert-OH is 2. The van der Waals surface area contributed by atoms with Gasteiger partial charge in [-0.3, -0.25) is 4.90 Å². The van der Waals surface area contributed by atoms with Crippen LogP contribution in [0.1, 0.15) is 49.0 Å². The molecule has 2 aromatic rings. The Bertz CT molecular complexity index is 1040. The van der Waals surface area contributed by atoms with E-state index in [0.29, 0.717) is 11.5 Å². The molecule has 2 heterocycles. The molecule has 1 aromatic carbocycles. The highest BCUT2D eigenvalue weighted by Gasteiger charge is 2.53. The van der Waals surface area contributed by atoms with Crippen molar-refractivity contribution in [3.8, 4) is 5.75 Å². The van der Waals surface area contributed by atoms with E-state index in [2.05, 4.69) is 29.2 Å². The van der Waals surface area contributed by atoms with E-state index in [-0.39, 0.29) is 0 Å². The predicted octanol–water partition coefficient (Wildman–Crippen LogP) is 2.47. The van der Waals surface area contributed by atoms with Gasteiger partial charge in [0.2, 0.25) is 0 Å². The fourth-order valence-corrected chi connectivity index (χ4v) is 6.45. The number of benzene rings is 1. The molecule has 3 aliphatic rings. The monoisotopic (exact) mass is 501 g/mol. The molecule has 0 amide bonds. The van der Waals surface area contributed by atoms with Crippen molar-refractivity contribution >= 4 is 11.9 Å². The van der Waals surface area contributed by atoms with E-state index >= 15 is 0 Å². The maximum absolute atomic E-state index is 9.77. The van der Waals surface area contributed by atoms with E-state index in [0.717, 1.165) is 30.4 Å². The normalized spacial score (nSPS) is 26.4. The zero-order valence-corrected chi connectivity index (χ0v) is 20.5. The molecule has 36 heavy (non-hydrogen) atoms. The number of hydrogen-bond acceptors (Lipinski definition) is 7. The number of hydrogen-bond donors (Lipinski definition) is 4. The Morgan fingerprint density at radius 2 is 1.89 bits per heavy atom. The molecule has 1 saturated carbocycles. The SMILES string of the molecule is COc1ccc2c(c1)[C@]13CCCC[C@H]1[C@H](C2)N(CCc1ccco1)CC3.O=C(O)[C@H](O)[C@@H](O)C(=O)O. The molecule has 0 spiro atoms. The number of rotatable bonds is 7. The summed E-state index contributed by atoms with van der Waals surface area (Å²) < 4.78 is 11.1. The Hall–Kier alpha value is -2.88. The number of piperidine rings is 1. The first kappa shape index (κ1) is 26.2. The molecule has 0 unspecified atom stereocenters. The number of carboxylic acid groups (broad SMARTS) is 2. The lowest BCUT2D eigenvalue weighted by molar-refractivity contribution is -0.165. The first-order valence-corrected chi connectivity index (χ1v) is 12.5. The fraction of sp³-hybridized carbons (Fsp3) is 0.556. The van der Waals surface area contributed by atoms with Crippen LogP contribution in [-0.2, 0) is 27.8 Å². The molecule has 2 aliphatic carbocycles. The van der Waals surface area contributed by atoms with Crippen LogP contribution in [0.15, 0.2) is 41.0 Å². The summed E-state index contributed by atoms with van der Waals surface area (Å²) in [6.45, 7) is 2.34. The van der Waals surface area contributed by atoms with Gasteiger partial charge in [0.05, 0.1) is 13.4 Å². The van der Waals surface area contributed by atoms with Crippen LogP contribution < -0.4 is 4.74 Å². The van der Waals surface area contributed by atoms with Crippen LogP contribution in [0, 0.1) is 5.92 Å². The first-order valence-electron chi connectivity index (χ1n) is 12.5. The smallest absolute Gasteiger partial charge is 0.335 e. The minimum atomic E-state index is -2.27. The lowest BCUT2D eigenvalue weighted by atomic mass is 9.52. The molecule has 4 N–H and O–H groups in total. The van der Waals surface area contributed by atoms with Crippen molar-refractivity contribution in [1.82, 2.24) is 4.90 Å². The summed E-state index contributed by atoms with van der Waals surface area (Å²) in [5.41, 5.74) is 3.58. The first-order chi connectivity index (χ1) is 17.3. The van der Waals surface area contributed by atoms with Crippen molar-refractivity contribution in [2.75, 3.05) is 20.2 Å². The quantitative estimate of drug-likeness (QED) is 0.450. The van der Waals surface area contributed by atoms with Crippen molar-refractivity contribution in [2.24, 2.45) is 5.92 Å². The number of aliphatic carboxylic acids is 2. The Balaban J connectivity index is 0.000000261. The molecule has 9 heteroatoms. The van der Waals surface area contributed by atoms with Gasteiger partial charge in [-0.1, -0.05) is 18.9 Å².